The van der Waals surface area contributed by atoms with Gasteiger partial charge in [-0.3, -0.25) is 62.9 Å². The Balaban J connectivity index is 0.975. The van der Waals surface area contributed by atoms with Crippen LogP contribution in [-0.4, -0.2) is 214 Å². The largest absolute Gasteiger partial charge is 0.391 e. The molecule has 5 fully saturated rings. The normalized spacial score (nSPS) is 25.0. The average Bonchev–Trinajstić information content (AvgIpc) is 1.49. The number of hydrogen-bond acceptors (Lipinski definition) is 16. The molecule has 4 saturated heterocycles. The Bertz CT molecular complexity index is 3080. The maximum absolute atomic E-state index is 15.5. The molecule has 12 atom stereocenters. The number of aliphatic imine (C=N–C) groups is 3. The van der Waals surface area contributed by atoms with Gasteiger partial charge in [0.25, 0.3) is 0 Å². The van der Waals surface area contributed by atoms with Gasteiger partial charge in [-0.15, -0.1) is 11.3 Å². The third kappa shape index (κ3) is 18.1. The van der Waals surface area contributed by atoms with Crippen LogP contribution >= 0.6 is 11.3 Å². The van der Waals surface area contributed by atoms with Crippen LogP contribution in [0.4, 0.5) is 0 Å². The zero-order chi connectivity index (χ0) is 66.2. The molecule has 6 heterocycles. The molecule has 1 aromatic heterocycles. The predicted octanol–water partition coefficient (Wildman–Crippen LogP) is -4.58. The molecule has 10 amide bonds. The van der Waals surface area contributed by atoms with Crippen LogP contribution in [0.2, 0.25) is 0 Å². The summed E-state index contributed by atoms with van der Waals surface area (Å²) in [6.45, 7) is -0.456. The summed E-state index contributed by atoms with van der Waals surface area (Å²) in [7, 11) is 0. The van der Waals surface area contributed by atoms with Crippen molar-refractivity contribution in [3.05, 3.63) is 57.8 Å². The van der Waals surface area contributed by atoms with Gasteiger partial charge < -0.3 is 96.7 Å². The second kappa shape index (κ2) is 32.6. The zero-order valence-electron chi connectivity index (χ0n) is 51.8. The fraction of sp³-hybridized carbons (Fsp3) is 0.617. The smallest absolute Gasteiger partial charge is 0.246 e. The maximum atomic E-state index is 15.5. The van der Waals surface area contributed by atoms with Crippen molar-refractivity contribution < 1.29 is 53.1 Å². The Morgan fingerprint density at radius 1 is 0.717 bits per heavy atom. The summed E-state index contributed by atoms with van der Waals surface area (Å²) in [5.41, 5.74) is 40.8. The fourth-order valence-electron chi connectivity index (χ4n) is 13.4. The van der Waals surface area contributed by atoms with E-state index in [1.54, 1.807) is 22.4 Å². The second-order valence-electron chi connectivity index (χ2n) is 24.5. The first-order chi connectivity index (χ1) is 44.1. The predicted molar refractivity (Wildman–Crippen MR) is 340 cm³/mol. The first-order valence-corrected chi connectivity index (χ1v) is 32.6. The van der Waals surface area contributed by atoms with Crippen molar-refractivity contribution in [1.29, 1.82) is 0 Å². The highest BCUT2D eigenvalue weighted by molar-refractivity contribution is 7.09. The van der Waals surface area contributed by atoms with Gasteiger partial charge in [-0.1, -0.05) is 43.2 Å². The number of aliphatic hydroxyl groups excluding tert-OH is 1. The van der Waals surface area contributed by atoms with Gasteiger partial charge in [0.15, 0.2) is 17.9 Å². The molecule has 8 rings (SSSR count). The van der Waals surface area contributed by atoms with E-state index in [1.165, 1.54) is 26.0 Å². The number of hydrogen-bond donors (Lipinski definition) is 14. The van der Waals surface area contributed by atoms with Crippen LogP contribution < -0.4 is 72.0 Å². The van der Waals surface area contributed by atoms with Gasteiger partial charge in [-0.05, 0) is 106 Å². The topological polar surface area (TPSA) is 495 Å². The van der Waals surface area contributed by atoms with Gasteiger partial charge in [0.1, 0.15) is 48.3 Å². The molecule has 1 saturated carbocycles. The lowest BCUT2D eigenvalue weighted by Gasteiger charge is -2.43. The Morgan fingerprint density at radius 2 is 1.41 bits per heavy atom. The van der Waals surface area contributed by atoms with Crippen molar-refractivity contribution >= 4 is 88.3 Å². The number of nitrogens with two attached hydrogens (primary N) is 7. The molecule has 1 aliphatic carbocycles. The number of amides is 10. The highest BCUT2D eigenvalue weighted by Gasteiger charge is 2.52. The van der Waals surface area contributed by atoms with Crippen molar-refractivity contribution in [2.45, 2.75) is 182 Å². The van der Waals surface area contributed by atoms with Crippen LogP contribution in [0, 0.1) is 5.92 Å². The summed E-state index contributed by atoms with van der Waals surface area (Å²) in [5.74, 6) is -6.70. The lowest BCUT2D eigenvalue weighted by atomic mass is 9.84. The van der Waals surface area contributed by atoms with Gasteiger partial charge in [-0.25, -0.2) is 0 Å². The molecule has 1 aromatic carbocycles. The first kappa shape index (κ1) is 69.2. The van der Waals surface area contributed by atoms with Gasteiger partial charge in [0.05, 0.1) is 18.7 Å². The number of likely N-dealkylation sites (tertiary alicyclic amines) is 2. The number of fused-ring (bicyclic) bond motifs is 5. The Kier molecular flexibility index (Phi) is 24.5. The number of β-amino-alcohol motifs (C(OH)–C–C–N with tert-alkyl or cyclic N) is 1. The Labute approximate surface area is 537 Å². The molecule has 2 aromatic rings. The van der Waals surface area contributed by atoms with Crippen LogP contribution in [0.3, 0.4) is 0 Å². The fourth-order valence-corrected chi connectivity index (χ4v) is 14.2. The summed E-state index contributed by atoms with van der Waals surface area (Å²) in [4.78, 5) is 163. The molecule has 12 unspecified atom stereocenters. The molecule has 21 N–H and O–H groups in total. The van der Waals surface area contributed by atoms with Gasteiger partial charge in [0.2, 0.25) is 59.1 Å². The zero-order valence-corrected chi connectivity index (χ0v) is 52.6. The van der Waals surface area contributed by atoms with Crippen molar-refractivity contribution in [3.63, 3.8) is 0 Å². The molecule has 0 spiro atoms. The number of nitrogens with zero attached hydrogens (tertiary/aromatic N) is 7. The lowest BCUT2D eigenvalue weighted by Crippen LogP contribution is -2.63. The van der Waals surface area contributed by atoms with E-state index in [0.717, 1.165) is 30.4 Å². The second-order valence-corrected chi connectivity index (χ2v) is 25.5. The highest BCUT2D eigenvalue weighted by Crippen LogP contribution is 2.41. The van der Waals surface area contributed by atoms with E-state index in [9.17, 15) is 43.5 Å². The number of rotatable bonds is 24. The minimum atomic E-state index is -1.37. The summed E-state index contributed by atoms with van der Waals surface area (Å²) >= 11 is 1.31. The molecular weight excluding hydrogens is 1210 g/mol. The number of aliphatic hydroxyl groups is 1. The van der Waals surface area contributed by atoms with Crippen LogP contribution in [0.5, 0.6) is 0 Å². The first-order valence-electron chi connectivity index (χ1n) is 31.8. The Hall–Kier alpha value is -8.65. The SMILES string of the molecule is NC(N)=NCCCC(N)C(=O)NC(CCCN=C(N)N)C(=O)N1CCCC1C(=O)N1CC(O)CC1C(=O)NCC(=O)NC(Cc1cccs1)C(=O)NC1CCNC(=O)C(CCCN=C(N)N)NC(=O)C2CC3CCCCC3N2C(=O)C2Cc3ccccc3CN2C1=O. The molecule has 6 aliphatic rings. The van der Waals surface area contributed by atoms with Gasteiger partial charge >= 0.3 is 0 Å². The van der Waals surface area contributed by atoms with E-state index < -0.39 is 126 Å². The van der Waals surface area contributed by atoms with E-state index in [2.05, 4.69) is 46.9 Å². The van der Waals surface area contributed by atoms with Crippen molar-refractivity contribution in [2.75, 3.05) is 45.8 Å². The standard InChI is InChI=1S/C60H90N20O11S/c61-38(14-5-20-69-58(62)63)49(83)75-40(16-7-22-71-60(66)67)54(88)77-24-8-18-44(77)56(90)79-32-36(81)28-45(79)52(86)72-30-48(82)73-42(29-37-13-9-25-92-37)51(85)76-41-19-23-68-50(84)39(15-6-21-70-59(64)65)74-53(87)46-27-34-11-3-4-17-43(34)80(46)57(91)47-26-33-10-1-2-12-35(33)31-78(47)55(41)89/h1-2,9-10,12-13,25,34,36,38-47,81H,3-8,11,14-24,26-32,61H2,(H,68,84)(H,72,86)(H,73,82)(H,74,87)(H,75,83)(H,76,85)(H4,62,63,69)(H4,64,65,70)(H4,66,67,71). The maximum Gasteiger partial charge on any atom is 0.246 e. The average molecular weight is 1300 g/mol. The number of carbonyl (C=O) groups excluding carboxylic acids is 10. The van der Waals surface area contributed by atoms with E-state index in [0.29, 0.717) is 37.0 Å². The highest BCUT2D eigenvalue weighted by atomic mass is 32.1. The summed E-state index contributed by atoms with van der Waals surface area (Å²) < 4.78 is 0. The van der Waals surface area contributed by atoms with E-state index in [-0.39, 0.29) is 133 Å². The number of guanidine groups is 3. The monoisotopic (exact) mass is 1300 g/mol. The van der Waals surface area contributed by atoms with Crippen LogP contribution in [0.1, 0.15) is 112 Å². The minimum absolute atomic E-state index is 0.00244. The lowest BCUT2D eigenvalue weighted by molar-refractivity contribution is -0.153. The number of nitrogens with one attached hydrogen (secondary N) is 6. The van der Waals surface area contributed by atoms with Crippen LogP contribution in [0.25, 0.3) is 0 Å². The summed E-state index contributed by atoms with van der Waals surface area (Å²) in [6, 6.07) is 0.345. The van der Waals surface area contributed by atoms with Crippen molar-refractivity contribution in [3.8, 4) is 0 Å². The van der Waals surface area contributed by atoms with Crippen molar-refractivity contribution in [2.24, 2.45) is 61.0 Å². The van der Waals surface area contributed by atoms with Crippen LogP contribution in [-0.2, 0) is 67.3 Å². The number of benzene rings is 1. The molecule has 0 radical (unpaired) electrons. The van der Waals surface area contributed by atoms with E-state index in [4.69, 9.17) is 40.1 Å². The molecule has 502 valence electrons. The molecule has 32 heteroatoms. The van der Waals surface area contributed by atoms with Gasteiger partial charge in [-0.2, -0.15) is 0 Å². The molecule has 0 bridgehead atoms. The molecular formula is C60H90N20O11S. The third-order valence-corrected chi connectivity index (χ3v) is 18.9. The quantitative estimate of drug-likeness (QED) is 0.0267. The van der Waals surface area contributed by atoms with Crippen molar-refractivity contribution in [1.82, 2.24) is 51.5 Å². The van der Waals surface area contributed by atoms with E-state index >= 15 is 9.59 Å². The third-order valence-electron chi connectivity index (χ3n) is 18.0. The summed E-state index contributed by atoms with van der Waals surface area (Å²) in [6.07, 6.45) is 4.12. The van der Waals surface area contributed by atoms with Crippen LogP contribution in [0.15, 0.2) is 56.8 Å². The van der Waals surface area contributed by atoms with E-state index in [1.807, 2.05) is 24.3 Å². The summed E-state index contributed by atoms with van der Waals surface area (Å²) in [5, 5.41) is 29.4. The minimum Gasteiger partial charge on any atom is -0.391 e. The molecule has 31 nitrogen and oxygen atoms in total. The number of thiophene rings is 1. The molecule has 5 aliphatic heterocycles. The molecule has 92 heavy (non-hydrogen) atoms. The van der Waals surface area contributed by atoms with Gasteiger partial charge in [0, 0.05) is 76.0 Å². The number of carbonyl (C=O) groups is 10. The Morgan fingerprint density at radius 3 is 2.12 bits per heavy atom.